The number of carbonyl (C=O) groups is 3. The minimum absolute atomic E-state index is 0.162. The summed E-state index contributed by atoms with van der Waals surface area (Å²) in [6.45, 7) is 2.76. The molecule has 3 atom stereocenters. The molecule has 0 aliphatic rings. The molecule has 0 amide bonds. The molecule has 1 unspecified atom stereocenters. The molecule has 0 spiro atoms. The monoisotopic (exact) mass is 733 g/mol. The first kappa shape index (κ1) is 48.2. The Kier molecular flexibility index (Phi) is 33.1. The van der Waals surface area contributed by atoms with E-state index in [2.05, 4.69) is 30.5 Å². The minimum atomic E-state index is -4.70. The van der Waals surface area contributed by atoms with Crippen molar-refractivity contribution < 1.29 is 47.5 Å². The van der Waals surface area contributed by atoms with Gasteiger partial charge in [-0.05, 0) is 32.1 Å². The van der Waals surface area contributed by atoms with Crippen LogP contribution in [0.4, 0.5) is 0 Å². The van der Waals surface area contributed by atoms with Gasteiger partial charge < -0.3 is 25.2 Å². The third-order valence-corrected chi connectivity index (χ3v) is 9.46. The Morgan fingerprint density at radius 1 is 0.600 bits per heavy atom. The second-order valence-electron chi connectivity index (χ2n) is 13.4. The van der Waals surface area contributed by atoms with Gasteiger partial charge in [0.25, 0.3) is 0 Å². The van der Waals surface area contributed by atoms with Crippen LogP contribution in [0, 0.1) is 0 Å². The van der Waals surface area contributed by atoms with Crippen molar-refractivity contribution in [3.05, 3.63) is 12.2 Å². The number of unbranched alkanes of at least 4 members (excludes halogenated alkanes) is 21. The van der Waals surface area contributed by atoms with Crippen molar-refractivity contribution in [3.63, 3.8) is 0 Å². The number of hydrogen-bond donors (Lipinski definition) is 3. The van der Waals surface area contributed by atoms with Gasteiger partial charge in [0.05, 0.1) is 13.2 Å². The summed E-state index contributed by atoms with van der Waals surface area (Å²) in [5.74, 6) is -2.37. The molecule has 0 saturated heterocycles. The van der Waals surface area contributed by atoms with Crippen LogP contribution < -0.4 is 5.73 Å². The summed E-state index contributed by atoms with van der Waals surface area (Å²) in [4.78, 5) is 45.7. The Balaban J connectivity index is 4.40. The topological polar surface area (TPSA) is 172 Å². The number of nitrogens with two attached hydrogens (primary N) is 1. The van der Waals surface area contributed by atoms with Gasteiger partial charge in [0.1, 0.15) is 12.6 Å². The minimum Gasteiger partial charge on any atom is -0.480 e. The lowest BCUT2D eigenvalue weighted by atomic mass is 10.1. The Hall–Kier alpha value is -1.78. The summed E-state index contributed by atoms with van der Waals surface area (Å²) in [5.41, 5.74) is 5.32. The number of phosphoric ester groups is 1. The quantitative estimate of drug-likeness (QED) is 0.0240. The molecule has 294 valence electrons. The third-order valence-electron chi connectivity index (χ3n) is 8.51. The van der Waals surface area contributed by atoms with Crippen molar-refractivity contribution in [1.29, 1.82) is 0 Å². The number of aliphatic carboxylic acids is 1. The number of carboxylic acid groups (broad SMARTS) is 1. The van der Waals surface area contributed by atoms with Gasteiger partial charge in [-0.25, -0.2) is 4.57 Å². The van der Waals surface area contributed by atoms with E-state index < -0.39 is 51.1 Å². The molecule has 0 rings (SSSR count). The van der Waals surface area contributed by atoms with Gasteiger partial charge >= 0.3 is 25.7 Å². The molecule has 0 saturated carbocycles. The smallest absolute Gasteiger partial charge is 0.472 e. The molecule has 0 aromatic rings. The fraction of sp³-hybridized carbons (Fsp3) is 0.868. The van der Waals surface area contributed by atoms with E-state index in [-0.39, 0.29) is 19.4 Å². The van der Waals surface area contributed by atoms with Crippen molar-refractivity contribution in [2.24, 2.45) is 5.73 Å². The van der Waals surface area contributed by atoms with Gasteiger partial charge in [0.2, 0.25) is 0 Å². The summed E-state index contributed by atoms with van der Waals surface area (Å²) < 4.78 is 32.6. The number of hydrogen-bond acceptors (Lipinski definition) is 9. The maximum atomic E-state index is 12.6. The Labute approximate surface area is 303 Å². The van der Waals surface area contributed by atoms with Crippen LogP contribution in [0.2, 0.25) is 0 Å². The molecule has 0 aromatic heterocycles. The lowest BCUT2D eigenvalue weighted by molar-refractivity contribution is -0.161. The van der Waals surface area contributed by atoms with Gasteiger partial charge in [-0.15, -0.1) is 0 Å². The maximum absolute atomic E-state index is 12.6. The normalized spacial score (nSPS) is 14.0. The summed E-state index contributed by atoms with van der Waals surface area (Å²) in [5, 5.41) is 8.86. The van der Waals surface area contributed by atoms with Crippen LogP contribution in [0.3, 0.4) is 0 Å². The zero-order chi connectivity index (χ0) is 37.1. The predicted octanol–water partition coefficient (Wildman–Crippen LogP) is 9.73. The molecule has 0 heterocycles. The van der Waals surface area contributed by atoms with E-state index in [0.29, 0.717) is 12.8 Å². The summed E-state index contributed by atoms with van der Waals surface area (Å²) in [6.07, 6.45) is 31.3. The fourth-order valence-corrected chi connectivity index (χ4v) is 6.12. The van der Waals surface area contributed by atoms with Crippen LogP contribution in [0.1, 0.15) is 181 Å². The Bertz CT molecular complexity index is 916. The van der Waals surface area contributed by atoms with Crippen LogP contribution in [-0.4, -0.2) is 59.9 Å². The zero-order valence-corrected chi connectivity index (χ0v) is 32.4. The lowest BCUT2D eigenvalue weighted by Gasteiger charge is -2.20. The standard InChI is InChI=1S/C38H72NO10P/c1-3-5-7-9-11-13-15-16-17-18-20-22-24-26-28-30-37(41)49-34(32-47-50(44,45)48-33-35(39)38(42)43)31-46-36(40)29-27-25-23-21-19-14-12-10-8-6-4-2/h9,11,34-35H,3-8,10,12-33,39H2,1-2H3,(H,42,43)(H,44,45)/b11-9+/t34-,35+/m1/s1. The average Bonchev–Trinajstić information content (AvgIpc) is 3.09. The van der Waals surface area contributed by atoms with Crippen molar-refractivity contribution in [2.45, 2.75) is 193 Å². The first-order valence-corrected chi connectivity index (χ1v) is 21.2. The van der Waals surface area contributed by atoms with Gasteiger partial charge in [0.15, 0.2) is 6.10 Å². The number of esters is 2. The first-order chi connectivity index (χ1) is 24.1. The van der Waals surface area contributed by atoms with Crippen molar-refractivity contribution in [2.75, 3.05) is 19.8 Å². The van der Waals surface area contributed by atoms with Gasteiger partial charge in [-0.1, -0.05) is 148 Å². The largest absolute Gasteiger partial charge is 0.480 e. The van der Waals surface area contributed by atoms with Crippen LogP contribution in [0.15, 0.2) is 12.2 Å². The summed E-state index contributed by atoms with van der Waals surface area (Å²) >= 11 is 0. The Morgan fingerprint density at radius 3 is 1.52 bits per heavy atom. The van der Waals surface area contributed by atoms with Crippen molar-refractivity contribution >= 4 is 25.7 Å². The van der Waals surface area contributed by atoms with Crippen LogP contribution in [0.25, 0.3) is 0 Å². The SMILES string of the molecule is CCCC/C=C/CCCCCCCCCCCC(=O)O[C@H](COC(=O)CCCCCCCCCCCCC)COP(=O)(O)OC[C@H](N)C(=O)O. The Morgan fingerprint density at radius 2 is 1.02 bits per heavy atom. The number of carboxylic acids is 1. The van der Waals surface area contributed by atoms with E-state index in [1.54, 1.807) is 0 Å². The van der Waals surface area contributed by atoms with E-state index in [4.69, 9.17) is 24.8 Å². The second-order valence-corrected chi connectivity index (χ2v) is 14.9. The molecule has 12 heteroatoms. The number of phosphoric acid groups is 1. The highest BCUT2D eigenvalue weighted by Gasteiger charge is 2.28. The van der Waals surface area contributed by atoms with Crippen molar-refractivity contribution in [3.8, 4) is 0 Å². The third kappa shape index (κ3) is 33.4. The predicted molar refractivity (Wildman–Crippen MR) is 199 cm³/mol. The van der Waals surface area contributed by atoms with Gasteiger partial charge in [0, 0.05) is 12.8 Å². The highest BCUT2D eigenvalue weighted by Crippen LogP contribution is 2.43. The highest BCUT2D eigenvalue weighted by atomic mass is 31.2. The van der Waals surface area contributed by atoms with E-state index in [1.807, 2.05) is 0 Å². The summed E-state index contributed by atoms with van der Waals surface area (Å²) in [6, 6.07) is -1.52. The van der Waals surface area contributed by atoms with E-state index in [9.17, 15) is 23.8 Å². The number of carbonyl (C=O) groups excluding carboxylic acids is 2. The lowest BCUT2D eigenvalue weighted by Crippen LogP contribution is -2.34. The number of allylic oxidation sites excluding steroid dienone is 2. The van der Waals surface area contributed by atoms with Crippen LogP contribution in [0.5, 0.6) is 0 Å². The van der Waals surface area contributed by atoms with Gasteiger partial charge in [-0.2, -0.15) is 0 Å². The van der Waals surface area contributed by atoms with Crippen LogP contribution in [-0.2, 0) is 37.5 Å². The first-order valence-electron chi connectivity index (χ1n) is 19.7. The molecular weight excluding hydrogens is 661 g/mol. The van der Waals surface area contributed by atoms with Gasteiger partial charge in [-0.3, -0.25) is 23.4 Å². The molecule has 0 radical (unpaired) electrons. The number of rotatable bonds is 37. The number of ether oxygens (including phenoxy) is 2. The van der Waals surface area contributed by atoms with E-state index >= 15 is 0 Å². The fourth-order valence-electron chi connectivity index (χ4n) is 5.34. The zero-order valence-electron chi connectivity index (χ0n) is 31.5. The maximum Gasteiger partial charge on any atom is 0.472 e. The molecule has 4 N–H and O–H groups in total. The van der Waals surface area contributed by atoms with E-state index in [0.717, 1.165) is 38.5 Å². The van der Waals surface area contributed by atoms with Crippen molar-refractivity contribution in [1.82, 2.24) is 0 Å². The molecule has 0 bridgehead atoms. The molecule has 0 aromatic carbocycles. The highest BCUT2D eigenvalue weighted by molar-refractivity contribution is 7.47. The summed E-state index contributed by atoms with van der Waals surface area (Å²) in [7, 11) is -4.70. The second kappa shape index (κ2) is 34.3. The molecular formula is C38H72NO10P. The van der Waals surface area contributed by atoms with E-state index in [1.165, 1.54) is 103 Å². The molecule has 0 fully saturated rings. The molecule has 0 aliphatic heterocycles. The molecule has 0 aliphatic carbocycles. The van der Waals surface area contributed by atoms with Crippen LogP contribution >= 0.6 is 7.82 Å². The average molecular weight is 734 g/mol. The molecule has 50 heavy (non-hydrogen) atoms. The molecule has 11 nitrogen and oxygen atoms in total.